The van der Waals surface area contributed by atoms with Crippen LogP contribution in [0.2, 0.25) is 0 Å². The summed E-state index contributed by atoms with van der Waals surface area (Å²) in [5, 5.41) is 0.839. The molecule has 5 nitrogen and oxygen atoms in total. The normalized spacial score (nSPS) is 19.9. The van der Waals surface area contributed by atoms with Crippen LogP contribution in [0.25, 0.3) is 21.5 Å². The van der Waals surface area contributed by atoms with Crippen molar-refractivity contribution in [3.05, 3.63) is 36.2 Å². The maximum absolute atomic E-state index is 12.8. The largest absolute Gasteiger partial charge is 0.337 e. The highest BCUT2D eigenvalue weighted by atomic mass is 32.2. The lowest BCUT2D eigenvalue weighted by Crippen LogP contribution is -2.48. The molecule has 7 heteroatoms. The number of carbonyl (C=O) groups excluding carboxylic acids is 1. The van der Waals surface area contributed by atoms with Crippen molar-refractivity contribution in [2.24, 2.45) is 0 Å². The number of hydrogen-bond donors (Lipinski definition) is 0. The molecule has 146 valence electrons. The van der Waals surface area contributed by atoms with Gasteiger partial charge < -0.3 is 4.90 Å². The zero-order valence-electron chi connectivity index (χ0n) is 16.4. The highest BCUT2D eigenvalue weighted by Gasteiger charge is 2.29. The molecular weight excluding hydrogens is 388 g/mol. The number of benzene rings is 1. The Balaban J connectivity index is 1.55. The molecule has 0 unspecified atom stereocenters. The second-order valence-corrected chi connectivity index (χ2v) is 9.21. The number of aromatic nitrogens is 3. The Hall–Kier alpha value is -1.99. The third-order valence-electron chi connectivity index (χ3n) is 5.36. The monoisotopic (exact) mass is 412 g/mol. The first-order valence-corrected chi connectivity index (χ1v) is 11.4. The van der Waals surface area contributed by atoms with Crippen LogP contribution in [0.3, 0.4) is 0 Å². The highest BCUT2D eigenvalue weighted by Crippen LogP contribution is 2.35. The number of amides is 1. The van der Waals surface area contributed by atoms with Crippen molar-refractivity contribution in [2.75, 3.05) is 5.75 Å². The quantitative estimate of drug-likeness (QED) is 0.448. The van der Waals surface area contributed by atoms with Crippen molar-refractivity contribution in [1.29, 1.82) is 0 Å². The second-order valence-electron chi connectivity index (χ2n) is 7.47. The van der Waals surface area contributed by atoms with Crippen LogP contribution in [-0.2, 0) is 4.79 Å². The third kappa shape index (κ3) is 3.78. The van der Waals surface area contributed by atoms with Gasteiger partial charge in [-0.15, -0.1) is 0 Å². The van der Waals surface area contributed by atoms with Crippen molar-refractivity contribution < 1.29 is 4.79 Å². The minimum Gasteiger partial charge on any atom is -0.337 e. The van der Waals surface area contributed by atoms with Crippen LogP contribution < -0.4 is 0 Å². The molecule has 2 aromatic heterocycles. The minimum atomic E-state index is 0.194. The molecule has 0 saturated carbocycles. The molecule has 4 rings (SSSR count). The van der Waals surface area contributed by atoms with E-state index in [1.54, 1.807) is 6.33 Å². The average molecular weight is 413 g/mol. The van der Waals surface area contributed by atoms with E-state index in [4.69, 9.17) is 0 Å². The maximum atomic E-state index is 12.8. The van der Waals surface area contributed by atoms with Crippen molar-refractivity contribution in [1.82, 2.24) is 19.2 Å². The fourth-order valence-electron chi connectivity index (χ4n) is 3.86. The lowest BCUT2D eigenvalue weighted by Gasteiger charge is -2.39. The third-order valence-corrected chi connectivity index (χ3v) is 7.31. The first-order valence-electron chi connectivity index (χ1n) is 9.66. The molecule has 1 aliphatic rings. The van der Waals surface area contributed by atoms with E-state index in [1.807, 2.05) is 0 Å². The molecule has 0 radical (unpaired) electrons. The van der Waals surface area contributed by atoms with Gasteiger partial charge in [0.2, 0.25) is 5.91 Å². The molecule has 28 heavy (non-hydrogen) atoms. The zero-order chi connectivity index (χ0) is 19.7. The SMILES string of the molecule is Cc1ccc(-c2nsc3c(SCC(=O)N4[C@H](C)CCC[C@H]4C)ncnc23)cc1. The summed E-state index contributed by atoms with van der Waals surface area (Å²) < 4.78 is 5.58. The number of likely N-dealkylation sites (tertiary alicyclic amines) is 1. The highest BCUT2D eigenvalue weighted by molar-refractivity contribution is 8.00. The van der Waals surface area contributed by atoms with Crippen LogP contribution >= 0.6 is 23.3 Å². The lowest BCUT2D eigenvalue weighted by molar-refractivity contribution is -0.134. The zero-order valence-corrected chi connectivity index (χ0v) is 18.0. The maximum Gasteiger partial charge on any atom is 0.233 e. The first kappa shape index (κ1) is 19.3. The topological polar surface area (TPSA) is 59.0 Å². The number of thioether (sulfide) groups is 1. The molecular formula is C21H24N4OS2. The molecule has 0 spiro atoms. The van der Waals surface area contributed by atoms with Gasteiger partial charge in [-0.3, -0.25) is 4.79 Å². The summed E-state index contributed by atoms with van der Waals surface area (Å²) in [6, 6.07) is 8.94. The first-order chi connectivity index (χ1) is 13.5. The predicted molar refractivity (Wildman–Crippen MR) is 116 cm³/mol. The van der Waals surface area contributed by atoms with E-state index < -0.39 is 0 Å². The molecule has 3 aromatic rings. The number of nitrogens with zero attached hydrogens (tertiary/aromatic N) is 4. The lowest BCUT2D eigenvalue weighted by atomic mass is 9.98. The van der Waals surface area contributed by atoms with Crippen molar-refractivity contribution >= 4 is 39.4 Å². The Bertz CT molecular complexity index is 976. The Morgan fingerprint density at radius 3 is 2.61 bits per heavy atom. The van der Waals surface area contributed by atoms with Crippen LogP contribution in [0.15, 0.2) is 35.6 Å². The van der Waals surface area contributed by atoms with Crippen molar-refractivity contribution in [2.45, 2.75) is 57.1 Å². The predicted octanol–water partition coefficient (Wildman–Crippen LogP) is 4.94. The van der Waals surface area contributed by atoms with Gasteiger partial charge in [-0.1, -0.05) is 41.6 Å². The van der Waals surface area contributed by atoms with E-state index in [9.17, 15) is 4.79 Å². The Morgan fingerprint density at radius 2 is 1.89 bits per heavy atom. The summed E-state index contributed by atoms with van der Waals surface area (Å²) in [4.78, 5) is 23.8. The second kappa shape index (κ2) is 8.17. The van der Waals surface area contributed by atoms with Crippen molar-refractivity contribution in [3.8, 4) is 11.3 Å². The van der Waals surface area contributed by atoms with Gasteiger partial charge in [0, 0.05) is 17.6 Å². The van der Waals surface area contributed by atoms with Gasteiger partial charge in [-0.05, 0) is 51.6 Å². The molecule has 1 fully saturated rings. The number of carbonyl (C=O) groups is 1. The van der Waals surface area contributed by atoms with Gasteiger partial charge in [-0.2, -0.15) is 4.37 Å². The Kier molecular flexibility index (Phi) is 5.64. The molecule has 1 amide bonds. The molecule has 1 saturated heterocycles. The molecule has 2 atom stereocenters. The van der Waals surface area contributed by atoms with Crippen LogP contribution in [-0.4, -0.2) is 43.0 Å². The Labute approximate surface area is 173 Å². The van der Waals surface area contributed by atoms with Crippen LogP contribution in [0.5, 0.6) is 0 Å². The van der Waals surface area contributed by atoms with E-state index in [-0.39, 0.29) is 5.91 Å². The molecule has 1 aromatic carbocycles. The van der Waals surface area contributed by atoms with Crippen molar-refractivity contribution in [3.63, 3.8) is 0 Å². The molecule has 3 heterocycles. The smallest absolute Gasteiger partial charge is 0.233 e. The van der Waals surface area contributed by atoms with Gasteiger partial charge in [0.25, 0.3) is 0 Å². The minimum absolute atomic E-state index is 0.194. The fourth-order valence-corrected chi connectivity index (χ4v) is 5.65. The fraction of sp³-hybridized carbons (Fsp3) is 0.429. The Morgan fingerprint density at radius 1 is 1.18 bits per heavy atom. The average Bonchev–Trinajstić information content (AvgIpc) is 3.11. The summed E-state index contributed by atoms with van der Waals surface area (Å²) in [7, 11) is 0. The van der Waals surface area contributed by atoms with E-state index in [2.05, 4.69) is 64.3 Å². The summed E-state index contributed by atoms with van der Waals surface area (Å²) in [5.41, 5.74) is 4.01. The molecule has 1 aliphatic heterocycles. The number of hydrogen-bond acceptors (Lipinski definition) is 6. The van der Waals surface area contributed by atoms with Crippen LogP contribution in [0.4, 0.5) is 0 Å². The molecule has 0 bridgehead atoms. The summed E-state index contributed by atoms with van der Waals surface area (Å²) >= 11 is 2.90. The number of piperidine rings is 1. The van der Waals surface area contributed by atoms with Gasteiger partial charge in [0.15, 0.2) is 0 Å². The standard InChI is InChI=1S/C21H24N4OS2/c1-13-7-9-16(10-8-13)18-19-20(28-24-18)21(23-12-22-19)27-11-17(26)25-14(2)5-4-6-15(25)3/h7-10,12,14-15H,4-6,11H2,1-3H3/t14-,15-/m1/s1. The number of rotatable bonds is 4. The van der Waals surface area contributed by atoms with Crippen LogP contribution in [0.1, 0.15) is 38.7 Å². The van der Waals surface area contributed by atoms with E-state index >= 15 is 0 Å². The summed E-state index contributed by atoms with van der Waals surface area (Å²) in [5.74, 6) is 0.596. The number of fused-ring (bicyclic) bond motifs is 1. The van der Waals surface area contributed by atoms with Gasteiger partial charge in [0.1, 0.15) is 27.3 Å². The van der Waals surface area contributed by atoms with E-state index in [1.165, 1.54) is 35.3 Å². The van der Waals surface area contributed by atoms with Gasteiger partial charge in [0.05, 0.1) is 5.75 Å². The van der Waals surface area contributed by atoms with E-state index in [0.29, 0.717) is 17.8 Å². The molecule has 0 N–H and O–H groups in total. The number of aryl methyl sites for hydroxylation is 1. The van der Waals surface area contributed by atoms with Gasteiger partial charge in [-0.25, -0.2) is 9.97 Å². The van der Waals surface area contributed by atoms with E-state index in [0.717, 1.165) is 39.3 Å². The van der Waals surface area contributed by atoms with Crippen LogP contribution in [0, 0.1) is 6.92 Å². The van der Waals surface area contributed by atoms with Gasteiger partial charge >= 0.3 is 0 Å². The summed E-state index contributed by atoms with van der Waals surface area (Å²) in [6.45, 7) is 6.37. The summed E-state index contributed by atoms with van der Waals surface area (Å²) in [6.07, 6.45) is 4.96. The molecule has 0 aliphatic carbocycles.